The number of amides is 1. The largest absolute Gasteiger partial charge is 0.321 e. The van der Waals surface area contributed by atoms with Crippen LogP contribution in [-0.2, 0) is 4.79 Å². The zero-order chi connectivity index (χ0) is 21.8. The van der Waals surface area contributed by atoms with E-state index in [1.54, 1.807) is 13.0 Å². The Morgan fingerprint density at radius 1 is 1.13 bits per heavy atom. The minimum Gasteiger partial charge on any atom is -0.321 e. The van der Waals surface area contributed by atoms with Gasteiger partial charge in [0.25, 0.3) is 11.6 Å². The van der Waals surface area contributed by atoms with Gasteiger partial charge in [-0.15, -0.1) is 0 Å². The highest BCUT2D eigenvalue weighted by molar-refractivity contribution is 6.10. The van der Waals surface area contributed by atoms with Crippen LogP contribution in [0.5, 0.6) is 0 Å². The van der Waals surface area contributed by atoms with E-state index < -0.39 is 10.8 Å². The molecular formula is C23H20N4O3. The number of rotatable bonds is 5. The van der Waals surface area contributed by atoms with Crippen LogP contribution in [0.1, 0.15) is 22.5 Å². The monoisotopic (exact) mass is 400 g/mol. The number of nitriles is 1. The molecule has 0 fully saturated rings. The molecule has 3 rings (SSSR count). The molecule has 0 radical (unpaired) electrons. The van der Waals surface area contributed by atoms with Crippen LogP contribution >= 0.6 is 0 Å². The van der Waals surface area contributed by atoms with Crippen LogP contribution in [0.2, 0.25) is 0 Å². The number of hydrogen-bond donors (Lipinski definition) is 1. The zero-order valence-electron chi connectivity index (χ0n) is 16.8. The highest BCUT2D eigenvalue weighted by atomic mass is 16.6. The Morgan fingerprint density at radius 2 is 1.83 bits per heavy atom. The molecule has 1 heterocycles. The Bertz CT molecular complexity index is 1200. The number of nitrogens with zero attached hydrogens (tertiary/aromatic N) is 3. The molecule has 1 aromatic heterocycles. The van der Waals surface area contributed by atoms with E-state index in [0.717, 1.165) is 22.6 Å². The summed E-state index contributed by atoms with van der Waals surface area (Å²) in [7, 11) is 0. The molecule has 0 saturated carbocycles. The van der Waals surface area contributed by atoms with E-state index in [0.29, 0.717) is 11.3 Å². The lowest BCUT2D eigenvalue weighted by molar-refractivity contribution is -0.384. The molecule has 0 aliphatic rings. The first-order chi connectivity index (χ1) is 14.3. The van der Waals surface area contributed by atoms with Gasteiger partial charge in [0.15, 0.2) is 0 Å². The average molecular weight is 400 g/mol. The van der Waals surface area contributed by atoms with Gasteiger partial charge in [-0.05, 0) is 56.2 Å². The highest BCUT2D eigenvalue weighted by Gasteiger charge is 2.16. The number of nitrogens with one attached hydrogen (secondary N) is 1. The molecule has 1 N–H and O–H groups in total. The number of benzene rings is 2. The minimum absolute atomic E-state index is 0.0887. The van der Waals surface area contributed by atoms with Crippen molar-refractivity contribution in [2.45, 2.75) is 20.8 Å². The lowest BCUT2D eigenvalue weighted by Crippen LogP contribution is -2.14. The van der Waals surface area contributed by atoms with Crippen LogP contribution < -0.4 is 5.32 Å². The van der Waals surface area contributed by atoms with Gasteiger partial charge in [-0.3, -0.25) is 14.9 Å². The number of hydrogen-bond acceptors (Lipinski definition) is 4. The molecule has 0 atom stereocenters. The van der Waals surface area contributed by atoms with E-state index in [-0.39, 0.29) is 11.3 Å². The summed E-state index contributed by atoms with van der Waals surface area (Å²) < 4.78 is 2.05. The summed E-state index contributed by atoms with van der Waals surface area (Å²) in [4.78, 5) is 23.1. The second kappa shape index (κ2) is 8.45. The Balaban J connectivity index is 1.94. The zero-order valence-corrected chi connectivity index (χ0v) is 16.8. The van der Waals surface area contributed by atoms with Crippen molar-refractivity contribution in [1.29, 1.82) is 5.26 Å². The molecule has 0 unspecified atom stereocenters. The summed E-state index contributed by atoms with van der Waals surface area (Å²) in [6.45, 7) is 5.60. The second-order valence-corrected chi connectivity index (χ2v) is 6.88. The van der Waals surface area contributed by atoms with E-state index in [1.165, 1.54) is 18.2 Å². The van der Waals surface area contributed by atoms with Crippen molar-refractivity contribution in [2.24, 2.45) is 0 Å². The summed E-state index contributed by atoms with van der Waals surface area (Å²) in [5, 5.41) is 23.1. The highest BCUT2D eigenvalue weighted by Crippen LogP contribution is 2.25. The Kier molecular flexibility index (Phi) is 5.79. The molecule has 150 valence electrons. The molecule has 0 aliphatic carbocycles. The van der Waals surface area contributed by atoms with Crippen LogP contribution in [0.25, 0.3) is 11.8 Å². The lowest BCUT2D eigenvalue weighted by Gasteiger charge is -2.09. The first kappa shape index (κ1) is 20.6. The molecule has 3 aromatic rings. The number of aromatic nitrogens is 1. The van der Waals surface area contributed by atoms with Crippen LogP contribution in [0.3, 0.4) is 0 Å². The number of para-hydroxylation sites is 1. The maximum absolute atomic E-state index is 12.7. The number of carbonyl (C=O) groups excluding carboxylic acids is 1. The average Bonchev–Trinajstić information content (AvgIpc) is 3.01. The van der Waals surface area contributed by atoms with Gasteiger partial charge < -0.3 is 9.88 Å². The molecular weight excluding hydrogens is 380 g/mol. The van der Waals surface area contributed by atoms with Crippen LogP contribution in [0.4, 0.5) is 11.4 Å². The molecule has 30 heavy (non-hydrogen) atoms. The fourth-order valence-electron chi connectivity index (χ4n) is 3.26. The first-order valence-electron chi connectivity index (χ1n) is 9.24. The second-order valence-electron chi connectivity index (χ2n) is 6.88. The number of anilines is 1. The van der Waals surface area contributed by atoms with Crippen LogP contribution in [0, 0.1) is 42.2 Å². The molecule has 0 bridgehead atoms. The van der Waals surface area contributed by atoms with Gasteiger partial charge in [0.2, 0.25) is 0 Å². The summed E-state index contributed by atoms with van der Waals surface area (Å²) in [6, 6.07) is 17.8. The predicted molar refractivity (Wildman–Crippen MR) is 115 cm³/mol. The smallest absolute Gasteiger partial charge is 0.271 e. The maximum atomic E-state index is 12.7. The van der Waals surface area contributed by atoms with Gasteiger partial charge >= 0.3 is 0 Å². The number of nitro benzene ring substituents is 1. The molecule has 2 aromatic carbocycles. The van der Waals surface area contributed by atoms with E-state index >= 15 is 0 Å². The molecule has 7 nitrogen and oxygen atoms in total. The quantitative estimate of drug-likeness (QED) is 0.286. The van der Waals surface area contributed by atoms with Crippen molar-refractivity contribution in [2.75, 3.05) is 5.32 Å². The number of non-ortho nitro benzene ring substituents is 1. The van der Waals surface area contributed by atoms with Gasteiger partial charge in [-0.25, -0.2) is 0 Å². The van der Waals surface area contributed by atoms with Crippen LogP contribution in [0.15, 0.2) is 60.2 Å². The normalized spacial score (nSPS) is 11.1. The summed E-state index contributed by atoms with van der Waals surface area (Å²) >= 11 is 0. The van der Waals surface area contributed by atoms with E-state index in [4.69, 9.17) is 0 Å². The Labute approximate surface area is 174 Å². The third kappa shape index (κ3) is 4.13. The standard InChI is InChI=1S/C23H20N4O3/c1-15-9-10-21(27(29)30)13-22(15)25-23(28)19(14-24)12-18-11-16(2)26(17(18)3)20-7-5-4-6-8-20/h4-13H,1-3H3,(H,25,28)/b19-12+. The van der Waals surface area contributed by atoms with Gasteiger partial charge in [0.05, 0.1) is 10.6 Å². The van der Waals surface area contributed by atoms with Crippen molar-refractivity contribution in [1.82, 2.24) is 4.57 Å². The van der Waals surface area contributed by atoms with Gasteiger partial charge in [0, 0.05) is 29.2 Å². The van der Waals surface area contributed by atoms with Crippen molar-refractivity contribution in [3.63, 3.8) is 0 Å². The van der Waals surface area contributed by atoms with E-state index in [1.807, 2.05) is 60.9 Å². The number of nitro groups is 1. The van der Waals surface area contributed by atoms with Crippen molar-refractivity contribution < 1.29 is 9.72 Å². The molecule has 0 saturated heterocycles. The maximum Gasteiger partial charge on any atom is 0.271 e. The first-order valence-corrected chi connectivity index (χ1v) is 9.24. The predicted octanol–water partition coefficient (Wildman–Crippen LogP) is 4.86. The van der Waals surface area contributed by atoms with Gasteiger partial charge in [0.1, 0.15) is 11.6 Å². The minimum atomic E-state index is -0.620. The van der Waals surface area contributed by atoms with Crippen LogP contribution in [-0.4, -0.2) is 15.4 Å². The van der Waals surface area contributed by atoms with Crippen molar-refractivity contribution in [3.05, 3.63) is 92.8 Å². The number of carbonyl (C=O) groups is 1. The summed E-state index contributed by atoms with van der Waals surface area (Å²) in [5.41, 5.74) is 4.33. The molecule has 0 aliphatic heterocycles. The van der Waals surface area contributed by atoms with Crippen molar-refractivity contribution >= 4 is 23.4 Å². The number of aryl methyl sites for hydroxylation is 2. The summed E-state index contributed by atoms with van der Waals surface area (Å²) in [5.74, 6) is -0.620. The molecule has 7 heteroatoms. The summed E-state index contributed by atoms with van der Waals surface area (Å²) in [6.07, 6.45) is 1.53. The van der Waals surface area contributed by atoms with Gasteiger partial charge in [-0.2, -0.15) is 5.26 Å². The molecule has 0 spiro atoms. The molecule has 1 amide bonds. The van der Waals surface area contributed by atoms with E-state index in [2.05, 4.69) is 5.32 Å². The fourth-order valence-corrected chi connectivity index (χ4v) is 3.26. The van der Waals surface area contributed by atoms with Crippen molar-refractivity contribution in [3.8, 4) is 11.8 Å². The van der Waals surface area contributed by atoms with E-state index in [9.17, 15) is 20.2 Å². The Hall–Kier alpha value is -4.18. The van der Waals surface area contributed by atoms with Gasteiger partial charge in [-0.1, -0.05) is 24.3 Å². The topological polar surface area (TPSA) is 101 Å². The fraction of sp³-hybridized carbons (Fsp3) is 0.130. The third-order valence-electron chi connectivity index (χ3n) is 4.83. The SMILES string of the molecule is Cc1ccc([N+](=O)[O-])cc1NC(=O)/C(C#N)=C/c1cc(C)n(-c2ccccc2)c1C. The Morgan fingerprint density at radius 3 is 2.47 bits per heavy atom. The lowest BCUT2D eigenvalue weighted by atomic mass is 10.1. The third-order valence-corrected chi connectivity index (χ3v) is 4.83.